The van der Waals surface area contributed by atoms with Crippen molar-refractivity contribution in [2.24, 2.45) is 12.8 Å². The van der Waals surface area contributed by atoms with Crippen LogP contribution in [-0.2, 0) is 13.0 Å². The number of aryl methyl sites for hydroxylation is 1. The number of hydrogen-bond acceptors (Lipinski definition) is 2. The van der Waals surface area contributed by atoms with E-state index >= 15 is 0 Å². The molecule has 6 heteroatoms. The molecule has 68 valence electrons. The van der Waals surface area contributed by atoms with Crippen LogP contribution >= 0.6 is 11.6 Å². The molecule has 0 saturated carbocycles. The molecule has 12 heavy (non-hydrogen) atoms. The molecule has 0 radical (unpaired) electrons. The maximum atomic E-state index is 13.0. The van der Waals surface area contributed by atoms with Crippen LogP contribution in [0, 0.1) is 0 Å². The fraction of sp³-hybridized carbons (Fsp3) is 0.500. The fourth-order valence-electron chi connectivity index (χ4n) is 0.919. The van der Waals surface area contributed by atoms with Crippen molar-refractivity contribution in [3.63, 3.8) is 0 Å². The van der Waals surface area contributed by atoms with Gasteiger partial charge >= 0.3 is 5.92 Å². The molecule has 0 aliphatic carbocycles. The van der Waals surface area contributed by atoms with E-state index < -0.39 is 12.5 Å². The molecular formula is C6H8ClF2N3. The van der Waals surface area contributed by atoms with Crippen LogP contribution in [0.3, 0.4) is 0 Å². The van der Waals surface area contributed by atoms with Crippen molar-refractivity contribution >= 4 is 11.6 Å². The van der Waals surface area contributed by atoms with Crippen LogP contribution in [0.1, 0.15) is 5.69 Å². The molecule has 1 heterocycles. The lowest BCUT2D eigenvalue weighted by molar-refractivity contribution is -0.00226. The summed E-state index contributed by atoms with van der Waals surface area (Å²) in [5.41, 5.74) is 4.54. The average molecular weight is 196 g/mol. The van der Waals surface area contributed by atoms with E-state index in [4.69, 9.17) is 17.3 Å². The summed E-state index contributed by atoms with van der Waals surface area (Å²) >= 11 is 5.49. The first kappa shape index (κ1) is 9.41. The van der Waals surface area contributed by atoms with Crippen LogP contribution in [0.25, 0.3) is 0 Å². The average Bonchev–Trinajstić information content (AvgIpc) is 2.31. The van der Waals surface area contributed by atoms with Crippen LogP contribution in [0.15, 0.2) is 6.20 Å². The van der Waals surface area contributed by atoms with Gasteiger partial charge in [-0.15, -0.1) is 0 Å². The zero-order valence-electron chi connectivity index (χ0n) is 6.39. The molecule has 3 nitrogen and oxygen atoms in total. The summed E-state index contributed by atoms with van der Waals surface area (Å²) in [6.45, 7) is -0.772. The summed E-state index contributed by atoms with van der Waals surface area (Å²) in [6.07, 6.45) is 1.17. The van der Waals surface area contributed by atoms with Crippen molar-refractivity contribution in [1.82, 2.24) is 9.78 Å². The predicted molar refractivity (Wildman–Crippen MR) is 41.2 cm³/mol. The Labute approximate surface area is 73.1 Å². The van der Waals surface area contributed by atoms with E-state index in [0.29, 0.717) is 0 Å². The summed E-state index contributed by atoms with van der Waals surface area (Å²) in [5.74, 6) is -3.11. The van der Waals surface area contributed by atoms with Gasteiger partial charge in [-0.05, 0) is 0 Å². The monoisotopic (exact) mass is 195 g/mol. The molecular weight excluding hydrogens is 188 g/mol. The second kappa shape index (κ2) is 2.99. The Bertz CT molecular complexity index is 265. The number of rotatable bonds is 2. The van der Waals surface area contributed by atoms with Gasteiger partial charge in [-0.1, -0.05) is 11.6 Å². The summed E-state index contributed by atoms with van der Waals surface area (Å²) in [6, 6.07) is 0. The third-order valence-electron chi connectivity index (χ3n) is 1.50. The van der Waals surface area contributed by atoms with Gasteiger partial charge < -0.3 is 5.73 Å². The predicted octanol–water partition coefficient (Wildman–Crippen LogP) is 1.12. The Morgan fingerprint density at radius 1 is 1.75 bits per heavy atom. The molecule has 0 fully saturated rings. The lowest BCUT2D eigenvalue weighted by Crippen LogP contribution is -2.28. The minimum Gasteiger partial charge on any atom is -0.325 e. The van der Waals surface area contributed by atoms with E-state index in [1.54, 1.807) is 0 Å². The van der Waals surface area contributed by atoms with E-state index in [-0.39, 0.29) is 10.7 Å². The van der Waals surface area contributed by atoms with Crippen LogP contribution < -0.4 is 5.73 Å². The molecule has 1 aromatic rings. The fourth-order valence-corrected chi connectivity index (χ4v) is 1.22. The van der Waals surface area contributed by atoms with E-state index in [1.807, 2.05) is 0 Å². The largest absolute Gasteiger partial charge is 0.325 e. The number of hydrogen-bond donors (Lipinski definition) is 1. The van der Waals surface area contributed by atoms with Gasteiger partial charge in [-0.3, -0.25) is 4.68 Å². The van der Waals surface area contributed by atoms with E-state index in [2.05, 4.69) is 5.10 Å². The molecule has 0 aliphatic heterocycles. The summed E-state index contributed by atoms with van der Waals surface area (Å²) in [7, 11) is 1.39. The lowest BCUT2D eigenvalue weighted by atomic mass is 10.2. The number of nitrogens with zero attached hydrogens (tertiary/aromatic N) is 2. The number of alkyl halides is 2. The second-order valence-electron chi connectivity index (χ2n) is 2.37. The maximum absolute atomic E-state index is 13.0. The Balaban J connectivity index is 3.17. The summed E-state index contributed by atoms with van der Waals surface area (Å²) in [4.78, 5) is 0. The third-order valence-corrected chi connectivity index (χ3v) is 1.77. The van der Waals surface area contributed by atoms with Crippen molar-refractivity contribution < 1.29 is 8.78 Å². The lowest BCUT2D eigenvalue weighted by Gasteiger charge is -2.14. The van der Waals surface area contributed by atoms with Gasteiger partial charge in [-0.25, -0.2) is 0 Å². The number of nitrogens with two attached hydrogens (primary N) is 1. The highest BCUT2D eigenvalue weighted by molar-refractivity contribution is 6.31. The first-order valence-corrected chi connectivity index (χ1v) is 3.62. The van der Waals surface area contributed by atoms with Gasteiger partial charge in [0.25, 0.3) is 0 Å². The molecule has 1 rings (SSSR count). The van der Waals surface area contributed by atoms with Gasteiger partial charge in [0.15, 0.2) is 0 Å². The van der Waals surface area contributed by atoms with Crippen molar-refractivity contribution in [2.75, 3.05) is 6.54 Å². The SMILES string of the molecule is Cn1ncc(Cl)c1C(F)(F)CN. The molecule has 0 amide bonds. The molecule has 1 aromatic heterocycles. The standard InChI is InChI=1S/C6H8ClF2N3/c1-12-5(4(7)2-11-12)6(8,9)3-10/h2H,3,10H2,1H3. The smallest absolute Gasteiger partial charge is 0.302 e. The van der Waals surface area contributed by atoms with Gasteiger partial charge in [0.2, 0.25) is 0 Å². The van der Waals surface area contributed by atoms with E-state index in [9.17, 15) is 8.78 Å². The quantitative estimate of drug-likeness (QED) is 0.769. The van der Waals surface area contributed by atoms with Crippen LogP contribution in [0.2, 0.25) is 5.02 Å². The Morgan fingerprint density at radius 3 is 2.67 bits per heavy atom. The zero-order chi connectivity index (χ0) is 9.35. The molecule has 0 spiro atoms. The molecule has 2 N–H and O–H groups in total. The topological polar surface area (TPSA) is 43.8 Å². The van der Waals surface area contributed by atoms with Gasteiger partial charge in [0, 0.05) is 7.05 Å². The molecule has 0 saturated heterocycles. The zero-order valence-corrected chi connectivity index (χ0v) is 7.15. The normalized spacial score (nSPS) is 12.1. The second-order valence-corrected chi connectivity index (χ2v) is 2.78. The summed E-state index contributed by atoms with van der Waals surface area (Å²) in [5, 5.41) is 3.52. The van der Waals surface area contributed by atoms with Crippen molar-refractivity contribution in [3.8, 4) is 0 Å². The Kier molecular flexibility index (Phi) is 2.34. The Morgan fingerprint density at radius 2 is 2.33 bits per heavy atom. The maximum Gasteiger partial charge on any atom is 0.302 e. The van der Waals surface area contributed by atoms with Crippen molar-refractivity contribution in [3.05, 3.63) is 16.9 Å². The third kappa shape index (κ3) is 1.42. The molecule has 0 bridgehead atoms. The molecule has 0 aliphatic rings. The molecule has 0 aromatic carbocycles. The van der Waals surface area contributed by atoms with E-state index in [1.165, 1.54) is 13.2 Å². The van der Waals surface area contributed by atoms with E-state index in [0.717, 1.165) is 4.68 Å². The highest BCUT2D eigenvalue weighted by Gasteiger charge is 2.35. The number of halogens is 3. The van der Waals surface area contributed by atoms with Crippen molar-refractivity contribution in [2.45, 2.75) is 5.92 Å². The van der Waals surface area contributed by atoms with Crippen LogP contribution in [0.4, 0.5) is 8.78 Å². The van der Waals surface area contributed by atoms with Crippen LogP contribution in [-0.4, -0.2) is 16.3 Å². The Hall–Kier alpha value is -0.680. The minimum atomic E-state index is -3.11. The molecule has 0 unspecified atom stereocenters. The first-order chi connectivity index (χ1) is 5.49. The summed E-state index contributed by atoms with van der Waals surface area (Å²) < 4.78 is 27.0. The minimum absolute atomic E-state index is 0.0621. The number of aromatic nitrogens is 2. The van der Waals surface area contributed by atoms with Gasteiger partial charge in [-0.2, -0.15) is 13.9 Å². The van der Waals surface area contributed by atoms with Gasteiger partial charge in [0.05, 0.1) is 17.8 Å². The molecule has 0 atom stereocenters. The van der Waals surface area contributed by atoms with Crippen molar-refractivity contribution in [1.29, 1.82) is 0 Å². The highest BCUT2D eigenvalue weighted by atomic mass is 35.5. The first-order valence-electron chi connectivity index (χ1n) is 3.25. The highest BCUT2D eigenvalue weighted by Crippen LogP contribution is 2.31. The van der Waals surface area contributed by atoms with Crippen LogP contribution in [0.5, 0.6) is 0 Å². The van der Waals surface area contributed by atoms with Gasteiger partial charge in [0.1, 0.15) is 5.69 Å².